The lowest BCUT2D eigenvalue weighted by Crippen LogP contribution is -2.19. The van der Waals surface area contributed by atoms with Gasteiger partial charge in [-0.2, -0.15) is 26.3 Å². The molecule has 2 aromatic carbocycles. The van der Waals surface area contributed by atoms with E-state index in [9.17, 15) is 35.5 Å². The number of benzene rings is 2. The largest absolute Gasteiger partial charge is 0.478 e. The van der Waals surface area contributed by atoms with Crippen LogP contribution in [0.25, 0.3) is 5.83 Å². The summed E-state index contributed by atoms with van der Waals surface area (Å²) in [6, 6.07) is 4.12. The number of carboxylic acids is 1. The molecule has 0 amide bonds. The molecule has 2 rings (SSSR count). The second-order valence-corrected chi connectivity index (χ2v) is 6.59. The number of aromatic carboxylic acids is 1. The Labute approximate surface area is 169 Å². The lowest BCUT2D eigenvalue weighted by Gasteiger charge is -2.18. The molecular weight excluding hydrogens is 452 g/mol. The molecule has 0 spiro atoms. The van der Waals surface area contributed by atoms with Crippen molar-refractivity contribution in [1.29, 1.82) is 0 Å². The van der Waals surface area contributed by atoms with E-state index in [0.717, 1.165) is 18.2 Å². The van der Waals surface area contributed by atoms with Crippen molar-refractivity contribution in [3.63, 3.8) is 0 Å². The van der Waals surface area contributed by atoms with Crippen LogP contribution in [-0.2, 0) is 6.18 Å². The second-order valence-electron chi connectivity index (χ2n) is 5.77. The Kier molecular flexibility index (Phi) is 6.54. The van der Waals surface area contributed by atoms with Gasteiger partial charge in [-0.25, -0.2) is 9.18 Å². The Morgan fingerprint density at radius 3 is 2.07 bits per heavy atom. The Morgan fingerprint density at radius 1 is 0.966 bits per heavy atom. The molecule has 0 aliphatic rings. The molecule has 0 aliphatic heterocycles. The van der Waals surface area contributed by atoms with E-state index in [1.165, 1.54) is 0 Å². The first-order valence-electron chi connectivity index (χ1n) is 7.55. The molecule has 0 fully saturated rings. The first-order valence-corrected chi connectivity index (χ1v) is 8.31. The molecule has 0 bridgehead atoms. The average molecular weight is 461 g/mol. The van der Waals surface area contributed by atoms with Crippen molar-refractivity contribution in [2.24, 2.45) is 0 Å². The molecule has 0 heterocycles. The van der Waals surface area contributed by atoms with Gasteiger partial charge in [0.1, 0.15) is 11.7 Å². The van der Waals surface area contributed by atoms with E-state index in [-0.39, 0.29) is 22.2 Å². The number of carbonyl (C=O) groups is 1. The zero-order chi connectivity index (χ0) is 22.1. The van der Waals surface area contributed by atoms with E-state index >= 15 is 0 Å². The number of allylic oxidation sites excluding steroid dienone is 1. The minimum atomic E-state index is -5.16. The van der Waals surface area contributed by atoms with Gasteiger partial charge in [0.2, 0.25) is 0 Å². The van der Waals surface area contributed by atoms with Gasteiger partial charge in [0.25, 0.3) is 0 Å². The van der Waals surface area contributed by atoms with Gasteiger partial charge < -0.3 is 5.11 Å². The van der Waals surface area contributed by atoms with Gasteiger partial charge in [0.05, 0.1) is 21.2 Å². The molecule has 156 valence electrons. The van der Waals surface area contributed by atoms with E-state index in [0.29, 0.717) is 12.1 Å². The molecule has 1 atom stereocenters. The first-order chi connectivity index (χ1) is 13.2. The van der Waals surface area contributed by atoms with Crippen molar-refractivity contribution in [2.75, 3.05) is 0 Å². The molecule has 1 unspecified atom stereocenters. The standard InChI is InChI=1S/C18H9Cl2F7O2/c19-13-4-2-8(6-14(13)20)11(17(22,23)24)7-15(21)9-1-3-10(16(28)29)12(5-9)18(25,26)27/h1-7,11H,(H,28,29)/b15-7-. The average Bonchev–Trinajstić information content (AvgIpc) is 2.59. The van der Waals surface area contributed by atoms with Crippen LogP contribution in [0, 0.1) is 0 Å². The highest BCUT2D eigenvalue weighted by Crippen LogP contribution is 2.41. The van der Waals surface area contributed by atoms with Gasteiger partial charge in [0, 0.05) is 5.56 Å². The van der Waals surface area contributed by atoms with Gasteiger partial charge >= 0.3 is 18.3 Å². The molecule has 11 heteroatoms. The van der Waals surface area contributed by atoms with Crippen LogP contribution in [0.3, 0.4) is 0 Å². The van der Waals surface area contributed by atoms with Crippen LogP contribution in [0.15, 0.2) is 42.5 Å². The number of alkyl halides is 6. The second kappa shape index (κ2) is 8.23. The van der Waals surface area contributed by atoms with Crippen LogP contribution < -0.4 is 0 Å². The van der Waals surface area contributed by atoms with Gasteiger partial charge in [0.15, 0.2) is 0 Å². The molecule has 0 aromatic heterocycles. The summed E-state index contributed by atoms with van der Waals surface area (Å²) in [6.07, 6.45) is -10.1. The van der Waals surface area contributed by atoms with E-state index in [2.05, 4.69) is 0 Å². The Morgan fingerprint density at radius 2 is 1.59 bits per heavy atom. The molecule has 0 radical (unpaired) electrons. The van der Waals surface area contributed by atoms with E-state index in [1.807, 2.05) is 0 Å². The third-order valence-electron chi connectivity index (χ3n) is 3.80. The summed E-state index contributed by atoms with van der Waals surface area (Å²) in [5, 5.41) is 8.56. The van der Waals surface area contributed by atoms with Crippen molar-refractivity contribution in [3.05, 3.63) is 74.8 Å². The zero-order valence-corrected chi connectivity index (χ0v) is 15.4. The molecule has 2 nitrogen and oxygen atoms in total. The van der Waals surface area contributed by atoms with Crippen molar-refractivity contribution in [1.82, 2.24) is 0 Å². The predicted molar refractivity (Wildman–Crippen MR) is 92.7 cm³/mol. The van der Waals surface area contributed by atoms with Crippen LogP contribution in [0.2, 0.25) is 10.0 Å². The molecule has 0 saturated carbocycles. The van der Waals surface area contributed by atoms with Crippen LogP contribution in [0.1, 0.15) is 33.0 Å². The monoisotopic (exact) mass is 460 g/mol. The topological polar surface area (TPSA) is 37.3 Å². The minimum absolute atomic E-state index is 0.0418. The molecule has 0 aliphatic carbocycles. The lowest BCUT2D eigenvalue weighted by molar-refractivity contribution is -0.140. The third-order valence-corrected chi connectivity index (χ3v) is 4.54. The van der Waals surface area contributed by atoms with Gasteiger partial charge in [-0.15, -0.1) is 0 Å². The molecule has 29 heavy (non-hydrogen) atoms. The number of rotatable bonds is 4. The highest BCUT2D eigenvalue weighted by molar-refractivity contribution is 6.42. The van der Waals surface area contributed by atoms with Crippen LogP contribution >= 0.6 is 23.2 Å². The maximum absolute atomic E-state index is 14.5. The van der Waals surface area contributed by atoms with Crippen LogP contribution in [0.5, 0.6) is 0 Å². The SMILES string of the molecule is O=C(O)c1ccc(/C(F)=C/C(c2ccc(Cl)c(Cl)c2)C(F)(F)F)cc1C(F)(F)F. The maximum Gasteiger partial charge on any atom is 0.417 e. The first kappa shape index (κ1) is 23.0. The summed E-state index contributed by atoms with van der Waals surface area (Å²) in [4.78, 5) is 10.9. The summed E-state index contributed by atoms with van der Waals surface area (Å²) in [7, 11) is 0. The van der Waals surface area contributed by atoms with Gasteiger partial charge in [-0.05, 0) is 35.9 Å². The normalized spacial score (nSPS) is 14.0. The molecular formula is C18H9Cl2F7O2. The summed E-state index contributed by atoms with van der Waals surface area (Å²) < 4.78 is 93.8. The van der Waals surface area contributed by atoms with Crippen molar-refractivity contribution in [2.45, 2.75) is 18.3 Å². The zero-order valence-electron chi connectivity index (χ0n) is 13.9. The summed E-state index contributed by atoms with van der Waals surface area (Å²) in [5.74, 6) is -6.08. The summed E-state index contributed by atoms with van der Waals surface area (Å²) in [6.45, 7) is 0. The van der Waals surface area contributed by atoms with Gasteiger partial charge in [-0.1, -0.05) is 35.3 Å². The lowest BCUT2D eigenvalue weighted by atomic mass is 9.95. The molecule has 2 aromatic rings. The minimum Gasteiger partial charge on any atom is -0.478 e. The highest BCUT2D eigenvalue weighted by atomic mass is 35.5. The Bertz CT molecular complexity index is 966. The molecule has 1 N–H and O–H groups in total. The quantitative estimate of drug-likeness (QED) is 0.483. The number of hydrogen-bond acceptors (Lipinski definition) is 1. The number of carboxylic acid groups (broad SMARTS) is 1. The summed E-state index contributed by atoms with van der Waals surface area (Å²) >= 11 is 11.3. The van der Waals surface area contributed by atoms with Crippen LogP contribution in [0.4, 0.5) is 30.7 Å². The predicted octanol–water partition coefficient (Wildman–Crippen LogP) is 7.37. The van der Waals surface area contributed by atoms with Crippen molar-refractivity contribution >= 4 is 35.0 Å². The Balaban J connectivity index is 2.58. The highest BCUT2D eigenvalue weighted by Gasteiger charge is 2.40. The van der Waals surface area contributed by atoms with E-state index in [4.69, 9.17) is 28.3 Å². The fourth-order valence-corrected chi connectivity index (χ4v) is 2.75. The van der Waals surface area contributed by atoms with E-state index in [1.54, 1.807) is 0 Å². The van der Waals surface area contributed by atoms with Crippen molar-refractivity contribution < 1.29 is 40.6 Å². The Hall–Kier alpha value is -2.26. The fraction of sp³-hybridized carbons (Fsp3) is 0.167. The molecule has 0 saturated heterocycles. The number of hydrogen-bond donors (Lipinski definition) is 1. The fourth-order valence-electron chi connectivity index (χ4n) is 2.44. The van der Waals surface area contributed by atoms with Crippen molar-refractivity contribution in [3.8, 4) is 0 Å². The van der Waals surface area contributed by atoms with Crippen LogP contribution in [-0.4, -0.2) is 17.3 Å². The third kappa shape index (κ3) is 5.42. The number of halogens is 9. The smallest absolute Gasteiger partial charge is 0.417 e. The maximum atomic E-state index is 14.5. The van der Waals surface area contributed by atoms with E-state index < -0.39 is 52.3 Å². The summed E-state index contributed by atoms with van der Waals surface area (Å²) in [5.41, 5.74) is -4.20. The van der Waals surface area contributed by atoms with Gasteiger partial charge in [-0.3, -0.25) is 0 Å².